The highest BCUT2D eigenvalue weighted by atomic mass is 19.1. The van der Waals surface area contributed by atoms with E-state index in [4.69, 9.17) is 5.73 Å². The van der Waals surface area contributed by atoms with Crippen LogP contribution in [0.15, 0.2) is 48.5 Å². The Morgan fingerprint density at radius 2 is 1.79 bits per heavy atom. The number of carbonyl (C=O) groups excluding carboxylic acids is 3. The van der Waals surface area contributed by atoms with Crippen molar-refractivity contribution in [3.05, 3.63) is 54.3 Å². The number of nitrogens with zero attached hydrogens (tertiary/aromatic N) is 1. The summed E-state index contributed by atoms with van der Waals surface area (Å²) >= 11 is 0. The van der Waals surface area contributed by atoms with E-state index in [0.29, 0.717) is 37.9 Å². The number of carbonyl (C=O) groups is 3. The van der Waals surface area contributed by atoms with E-state index in [1.165, 1.54) is 17.0 Å². The van der Waals surface area contributed by atoms with Crippen LogP contribution in [0.2, 0.25) is 0 Å². The average molecular weight is 395 g/mol. The Morgan fingerprint density at radius 1 is 1.07 bits per heavy atom. The summed E-state index contributed by atoms with van der Waals surface area (Å²) < 4.78 is 13.4. The minimum Gasteiger partial charge on any atom is -0.369 e. The van der Waals surface area contributed by atoms with Gasteiger partial charge in [0.1, 0.15) is 17.3 Å². The van der Waals surface area contributed by atoms with Gasteiger partial charge in [-0.2, -0.15) is 0 Å². The van der Waals surface area contributed by atoms with Gasteiger partial charge in [0.25, 0.3) is 0 Å². The predicted molar refractivity (Wildman–Crippen MR) is 106 cm³/mol. The molecular weight excluding hydrogens is 373 g/mol. The summed E-state index contributed by atoms with van der Waals surface area (Å²) in [6, 6.07) is 12.8. The zero-order chi connectivity index (χ0) is 20.6. The molecule has 1 saturated heterocycles. The Balaban J connectivity index is 1.45. The number of benzene rings is 2. The third kappa shape index (κ3) is 3.60. The maximum absolute atomic E-state index is 13.4. The lowest BCUT2D eigenvalue weighted by molar-refractivity contribution is -0.146. The van der Waals surface area contributed by atoms with Crippen molar-refractivity contribution >= 4 is 23.4 Å². The van der Waals surface area contributed by atoms with Crippen LogP contribution < -0.4 is 11.1 Å². The lowest BCUT2D eigenvalue weighted by Crippen LogP contribution is -2.49. The monoisotopic (exact) mass is 395 g/mol. The van der Waals surface area contributed by atoms with Crippen molar-refractivity contribution in [2.75, 3.05) is 11.9 Å². The first-order valence-electron chi connectivity index (χ1n) is 9.68. The van der Waals surface area contributed by atoms with Gasteiger partial charge in [-0.15, -0.1) is 0 Å². The molecular formula is C22H22FN3O3. The summed E-state index contributed by atoms with van der Waals surface area (Å²) in [6.45, 7) is 0.449. The van der Waals surface area contributed by atoms with E-state index >= 15 is 0 Å². The fourth-order valence-corrected chi connectivity index (χ4v) is 3.89. The number of amides is 3. The standard InChI is InChI=1S/C22H22FN3O3/c23-16-4-1-3-15(13-16)14-6-8-17(9-7-14)25-19(27)18-5-2-12-26(18)21(29)22(10-11-22)20(24)28/h1,3-4,6-9,13,18H,2,5,10-12H2,(H2,24,28)(H,25,27)/t18-/m1/s1. The van der Waals surface area contributed by atoms with Gasteiger partial charge in [-0.05, 0) is 61.1 Å². The summed E-state index contributed by atoms with van der Waals surface area (Å²) in [5.41, 5.74) is 6.46. The third-order valence-electron chi connectivity index (χ3n) is 5.76. The minimum atomic E-state index is -1.12. The third-order valence-corrected chi connectivity index (χ3v) is 5.76. The molecule has 1 heterocycles. The van der Waals surface area contributed by atoms with Gasteiger partial charge in [-0.1, -0.05) is 24.3 Å². The molecule has 2 aromatic carbocycles. The number of anilines is 1. The molecule has 1 aliphatic heterocycles. The van der Waals surface area contributed by atoms with Crippen LogP contribution in [0.1, 0.15) is 25.7 Å². The maximum atomic E-state index is 13.4. The van der Waals surface area contributed by atoms with Crippen molar-refractivity contribution in [1.82, 2.24) is 4.90 Å². The summed E-state index contributed by atoms with van der Waals surface area (Å²) in [6.07, 6.45) is 2.16. The molecule has 3 N–H and O–H groups in total. The van der Waals surface area contributed by atoms with E-state index in [1.807, 2.05) is 6.07 Å². The van der Waals surface area contributed by atoms with Crippen molar-refractivity contribution in [1.29, 1.82) is 0 Å². The Morgan fingerprint density at radius 3 is 2.41 bits per heavy atom. The van der Waals surface area contributed by atoms with Crippen molar-refractivity contribution in [3.8, 4) is 11.1 Å². The van der Waals surface area contributed by atoms with Gasteiger partial charge in [0.05, 0.1) is 0 Å². The number of nitrogens with one attached hydrogen (secondary N) is 1. The van der Waals surface area contributed by atoms with E-state index in [-0.39, 0.29) is 17.6 Å². The molecule has 0 bridgehead atoms. The molecule has 1 saturated carbocycles. The maximum Gasteiger partial charge on any atom is 0.247 e. The van der Waals surface area contributed by atoms with Crippen LogP contribution in [0, 0.1) is 11.2 Å². The fraction of sp³-hybridized carbons (Fsp3) is 0.318. The van der Waals surface area contributed by atoms with E-state index < -0.39 is 17.4 Å². The van der Waals surface area contributed by atoms with E-state index in [0.717, 1.165) is 11.1 Å². The second kappa shape index (κ2) is 7.31. The number of rotatable bonds is 5. The summed E-state index contributed by atoms with van der Waals surface area (Å²) in [4.78, 5) is 38.7. The Bertz CT molecular complexity index is 970. The molecule has 1 aliphatic carbocycles. The van der Waals surface area contributed by atoms with Crippen LogP contribution in [0.3, 0.4) is 0 Å². The molecule has 0 aromatic heterocycles. The van der Waals surface area contributed by atoms with Crippen molar-refractivity contribution in [3.63, 3.8) is 0 Å². The van der Waals surface area contributed by atoms with Crippen molar-refractivity contribution in [2.45, 2.75) is 31.7 Å². The van der Waals surface area contributed by atoms with Crippen molar-refractivity contribution in [2.24, 2.45) is 11.1 Å². The summed E-state index contributed by atoms with van der Waals surface area (Å²) in [7, 11) is 0. The lowest BCUT2D eigenvalue weighted by atomic mass is 10.0. The lowest BCUT2D eigenvalue weighted by Gasteiger charge is -2.27. The highest BCUT2D eigenvalue weighted by Gasteiger charge is 2.58. The van der Waals surface area contributed by atoms with Gasteiger partial charge in [0.15, 0.2) is 0 Å². The van der Waals surface area contributed by atoms with Crippen molar-refractivity contribution < 1.29 is 18.8 Å². The summed E-state index contributed by atoms with van der Waals surface area (Å²) in [5.74, 6) is -1.53. The number of nitrogens with two attached hydrogens (primary N) is 1. The van der Waals surface area contributed by atoms with Crippen LogP contribution in [-0.4, -0.2) is 35.2 Å². The molecule has 0 unspecified atom stereocenters. The average Bonchev–Trinajstić information content (AvgIpc) is 3.38. The van der Waals surface area contributed by atoms with E-state index in [9.17, 15) is 18.8 Å². The molecule has 4 rings (SSSR count). The Labute approximate surface area is 167 Å². The largest absolute Gasteiger partial charge is 0.369 e. The molecule has 150 valence electrons. The number of hydrogen-bond donors (Lipinski definition) is 2. The molecule has 0 radical (unpaired) electrons. The summed E-state index contributed by atoms with van der Waals surface area (Å²) in [5, 5.41) is 2.84. The minimum absolute atomic E-state index is 0.283. The van der Waals surface area contributed by atoms with Gasteiger partial charge in [0.2, 0.25) is 17.7 Å². The van der Waals surface area contributed by atoms with Gasteiger partial charge in [0, 0.05) is 12.2 Å². The van der Waals surface area contributed by atoms with Gasteiger partial charge >= 0.3 is 0 Å². The van der Waals surface area contributed by atoms with E-state index in [2.05, 4.69) is 5.32 Å². The second-order valence-corrected chi connectivity index (χ2v) is 7.68. The smallest absolute Gasteiger partial charge is 0.247 e. The number of likely N-dealkylation sites (tertiary alicyclic amines) is 1. The zero-order valence-electron chi connectivity index (χ0n) is 15.9. The molecule has 3 amide bonds. The quantitative estimate of drug-likeness (QED) is 0.763. The second-order valence-electron chi connectivity index (χ2n) is 7.68. The van der Waals surface area contributed by atoms with Crippen LogP contribution in [0.4, 0.5) is 10.1 Å². The Kier molecular flexibility index (Phi) is 4.82. The number of hydrogen-bond acceptors (Lipinski definition) is 3. The highest BCUT2D eigenvalue weighted by molar-refractivity contribution is 6.09. The number of halogens is 1. The van der Waals surface area contributed by atoms with Crippen LogP contribution in [-0.2, 0) is 14.4 Å². The zero-order valence-corrected chi connectivity index (χ0v) is 15.9. The first-order valence-corrected chi connectivity index (χ1v) is 9.68. The highest BCUT2D eigenvalue weighted by Crippen LogP contribution is 2.48. The van der Waals surface area contributed by atoms with Crippen LogP contribution in [0.5, 0.6) is 0 Å². The van der Waals surface area contributed by atoms with Gasteiger partial charge in [-0.3, -0.25) is 14.4 Å². The predicted octanol–water partition coefficient (Wildman–Crippen LogP) is 2.69. The normalized spacial score (nSPS) is 19.6. The molecule has 0 spiro atoms. The van der Waals surface area contributed by atoms with Gasteiger partial charge < -0.3 is 16.0 Å². The topological polar surface area (TPSA) is 92.5 Å². The first kappa shape index (κ1) is 19.1. The SMILES string of the molecule is NC(=O)C1(C(=O)N2CCC[C@@H]2C(=O)Nc2ccc(-c3cccc(F)c3)cc2)CC1. The van der Waals surface area contributed by atoms with Gasteiger partial charge in [-0.25, -0.2) is 4.39 Å². The first-order chi connectivity index (χ1) is 13.9. The number of primary amides is 1. The van der Waals surface area contributed by atoms with Crippen LogP contribution >= 0.6 is 0 Å². The molecule has 6 nitrogen and oxygen atoms in total. The van der Waals surface area contributed by atoms with E-state index in [1.54, 1.807) is 30.3 Å². The molecule has 2 aromatic rings. The molecule has 1 atom stereocenters. The van der Waals surface area contributed by atoms with Crippen LogP contribution in [0.25, 0.3) is 11.1 Å². The molecule has 2 aliphatic rings. The molecule has 7 heteroatoms. The molecule has 29 heavy (non-hydrogen) atoms. The Hall–Kier alpha value is -3.22. The molecule has 2 fully saturated rings. The fourth-order valence-electron chi connectivity index (χ4n) is 3.89.